The van der Waals surface area contributed by atoms with Crippen LogP contribution in [-0.2, 0) is 14.3 Å². The van der Waals surface area contributed by atoms with Gasteiger partial charge in [-0.3, -0.25) is 9.59 Å². The fraction of sp³-hybridized carbons (Fsp3) is 0.769. The van der Waals surface area contributed by atoms with Crippen LogP contribution in [0.25, 0.3) is 0 Å². The Labute approximate surface area is 186 Å². The molecule has 0 aromatic rings. The molecule has 4 aliphatic rings. The van der Waals surface area contributed by atoms with Crippen LogP contribution < -0.4 is 0 Å². The third-order valence-corrected chi connectivity index (χ3v) is 9.11. The number of hydrogen-bond acceptors (Lipinski definition) is 4. The average molecular weight is 430 g/mol. The van der Waals surface area contributed by atoms with Crippen molar-refractivity contribution >= 4 is 11.7 Å². The van der Waals surface area contributed by atoms with Gasteiger partial charge in [-0.2, -0.15) is 0 Å². The second-order valence-corrected chi connectivity index (χ2v) is 10.9. The highest BCUT2D eigenvalue weighted by atomic mass is 16.6. The van der Waals surface area contributed by atoms with Gasteiger partial charge in [0.15, 0.2) is 5.78 Å². The van der Waals surface area contributed by atoms with Crippen molar-refractivity contribution in [3.05, 3.63) is 23.0 Å². The molecule has 5 nitrogen and oxygen atoms in total. The number of ketones is 1. The standard InChI is InChI=1S/C26H39NO4/c1-8-13(2)22-24(29)20(25(30)27(22)7)23(28)19-18-14(3)10-9-11-17(18)12-15(4)21(19)26(6)16(5)31-26/h12-14,16-19,21-22,28H,8-11H2,1-7H3/b23-20-/t13?,14-,16-,17-,18+,19-,21-,22+,26+/m0/s1. The summed E-state index contributed by atoms with van der Waals surface area (Å²) in [6, 6.07) is -0.486. The number of likely N-dealkylation sites (N-methyl/N-ethyl adjacent to an activating group) is 1. The molecular weight excluding hydrogens is 390 g/mol. The van der Waals surface area contributed by atoms with E-state index in [0.29, 0.717) is 11.8 Å². The summed E-state index contributed by atoms with van der Waals surface area (Å²) < 4.78 is 6.07. The lowest BCUT2D eigenvalue weighted by Gasteiger charge is -2.48. The van der Waals surface area contributed by atoms with E-state index in [2.05, 4.69) is 33.8 Å². The minimum Gasteiger partial charge on any atom is -0.511 e. The van der Waals surface area contributed by atoms with Crippen LogP contribution >= 0.6 is 0 Å². The second kappa shape index (κ2) is 7.75. The fourth-order valence-electron chi connectivity index (χ4n) is 7.06. The van der Waals surface area contributed by atoms with Gasteiger partial charge in [-0.1, -0.05) is 51.7 Å². The molecular formula is C26H39NO4. The summed E-state index contributed by atoms with van der Waals surface area (Å²) >= 11 is 0. The van der Waals surface area contributed by atoms with Crippen molar-refractivity contribution in [1.29, 1.82) is 0 Å². The molecule has 0 bridgehead atoms. The van der Waals surface area contributed by atoms with Crippen LogP contribution in [0.5, 0.6) is 0 Å². The van der Waals surface area contributed by atoms with Gasteiger partial charge in [0.25, 0.3) is 5.91 Å². The van der Waals surface area contributed by atoms with Crippen molar-refractivity contribution in [3.63, 3.8) is 0 Å². The number of allylic oxidation sites excluding steroid dienone is 2. The molecule has 2 aliphatic carbocycles. The van der Waals surface area contributed by atoms with Crippen LogP contribution in [0.15, 0.2) is 23.0 Å². The van der Waals surface area contributed by atoms with E-state index in [1.807, 2.05) is 13.8 Å². The van der Waals surface area contributed by atoms with Crippen molar-refractivity contribution in [3.8, 4) is 0 Å². The molecule has 0 radical (unpaired) electrons. The number of carbonyl (C=O) groups is 2. The molecule has 172 valence electrons. The van der Waals surface area contributed by atoms with E-state index in [1.54, 1.807) is 11.9 Å². The number of likely N-dealkylation sites (tertiary alicyclic amines) is 1. The summed E-state index contributed by atoms with van der Waals surface area (Å²) in [6.07, 6.45) is 6.70. The third-order valence-electron chi connectivity index (χ3n) is 9.11. The van der Waals surface area contributed by atoms with Gasteiger partial charge in [-0.15, -0.1) is 0 Å². The third kappa shape index (κ3) is 3.30. The van der Waals surface area contributed by atoms with Gasteiger partial charge in [0, 0.05) is 18.9 Å². The van der Waals surface area contributed by atoms with Crippen molar-refractivity contribution < 1.29 is 19.4 Å². The highest BCUT2D eigenvalue weighted by Gasteiger charge is 2.62. The number of epoxide rings is 1. The number of amides is 1. The fourth-order valence-corrected chi connectivity index (χ4v) is 7.06. The Morgan fingerprint density at radius 2 is 1.97 bits per heavy atom. The summed E-state index contributed by atoms with van der Waals surface area (Å²) in [5.74, 6) is 0.285. The van der Waals surface area contributed by atoms with Crippen molar-refractivity contribution in [2.75, 3.05) is 7.05 Å². The van der Waals surface area contributed by atoms with E-state index in [4.69, 9.17) is 4.74 Å². The Morgan fingerprint density at radius 1 is 1.32 bits per heavy atom. The topological polar surface area (TPSA) is 70.1 Å². The number of nitrogens with zero attached hydrogens (tertiary/aromatic N) is 1. The van der Waals surface area contributed by atoms with Crippen LogP contribution in [0.1, 0.15) is 67.2 Å². The van der Waals surface area contributed by atoms with Gasteiger partial charge >= 0.3 is 0 Å². The lowest BCUT2D eigenvalue weighted by molar-refractivity contribution is -0.126. The summed E-state index contributed by atoms with van der Waals surface area (Å²) in [4.78, 5) is 28.2. The number of aliphatic hydroxyl groups is 1. The molecule has 0 spiro atoms. The number of Topliss-reactive ketones (excluding diaryl/α,β-unsaturated/α-hetero) is 1. The Kier molecular flexibility index (Phi) is 5.65. The van der Waals surface area contributed by atoms with Gasteiger partial charge in [-0.25, -0.2) is 0 Å². The molecule has 1 amide bonds. The zero-order valence-electron chi connectivity index (χ0n) is 20.1. The summed E-state index contributed by atoms with van der Waals surface area (Å²) in [5, 5.41) is 11.8. The summed E-state index contributed by atoms with van der Waals surface area (Å²) in [6.45, 7) is 12.6. The molecule has 2 aliphatic heterocycles. The number of carbonyl (C=O) groups excluding carboxylic acids is 2. The monoisotopic (exact) mass is 429 g/mol. The van der Waals surface area contributed by atoms with E-state index in [-0.39, 0.29) is 58.4 Å². The summed E-state index contributed by atoms with van der Waals surface area (Å²) in [7, 11) is 1.69. The Balaban J connectivity index is 1.85. The first-order chi connectivity index (χ1) is 14.5. The summed E-state index contributed by atoms with van der Waals surface area (Å²) in [5.41, 5.74) is 0.893. The van der Waals surface area contributed by atoms with Gasteiger partial charge in [0.05, 0.1) is 17.7 Å². The van der Waals surface area contributed by atoms with Crippen LogP contribution in [0.4, 0.5) is 0 Å². The van der Waals surface area contributed by atoms with Gasteiger partial charge in [0.1, 0.15) is 11.3 Å². The van der Waals surface area contributed by atoms with Crippen LogP contribution in [0.2, 0.25) is 0 Å². The van der Waals surface area contributed by atoms with Crippen molar-refractivity contribution in [1.82, 2.24) is 4.90 Å². The van der Waals surface area contributed by atoms with Gasteiger partial charge < -0.3 is 14.7 Å². The minimum absolute atomic E-state index is 0.0228. The van der Waals surface area contributed by atoms with Crippen LogP contribution in [-0.4, -0.2) is 46.5 Å². The lowest BCUT2D eigenvalue weighted by Crippen LogP contribution is -2.46. The van der Waals surface area contributed by atoms with Gasteiger partial charge in [-0.05, 0) is 50.9 Å². The predicted molar refractivity (Wildman–Crippen MR) is 120 cm³/mol. The number of ether oxygens (including phenoxy) is 1. The van der Waals surface area contributed by atoms with Crippen molar-refractivity contribution in [2.45, 2.75) is 85.0 Å². The molecule has 31 heavy (non-hydrogen) atoms. The molecule has 1 N–H and O–H groups in total. The maximum absolute atomic E-state index is 13.4. The molecule has 9 atom stereocenters. The Bertz CT molecular complexity index is 844. The van der Waals surface area contributed by atoms with E-state index >= 15 is 0 Å². The maximum Gasteiger partial charge on any atom is 0.261 e. The van der Waals surface area contributed by atoms with Crippen LogP contribution in [0.3, 0.4) is 0 Å². The van der Waals surface area contributed by atoms with E-state index in [9.17, 15) is 14.7 Å². The largest absolute Gasteiger partial charge is 0.511 e. The number of hydrogen-bond donors (Lipinski definition) is 1. The number of fused-ring (bicyclic) bond motifs is 1. The Morgan fingerprint density at radius 3 is 2.55 bits per heavy atom. The van der Waals surface area contributed by atoms with E-state index < -0.39 is 6.04 Å². The molecule has 2 saturated heterocycles. The molecule has 5 heteroatoms. The second-order valence-electron chi connectivity index (χ2n) is 10.9. The normalized spacial score (nSPS) is 45.3. The molecule has 0 aromatic heterocycles. The first-order valence-electron chi connectivity index (χ1n) is 12.1. The van der Waals surface area contributed by atoms with Gasteiger partial charge in [0.2, 0.25) is 0 Å². The zero-order chi connectivity index (χ0) is 22.8. The highest BCUT2D eigenvalue weighted by molar-refractivity contribution is 6.26. The average Bonchev–Trinajstić information content (AvgIpc) is 3.25. The lowest BCUT2D eigenvalue weighted by atomic mass is 9.56. The van der Waals surface area contributed by atoms with Crippen LogP contribution in [0, 0.1) is 35.5 Å². The first-order valence-corrected chi connectivity index (χ1v) is 12.1. The number of rotatable bonds is 4. The first kappa shape index (κ1) is 22.6. The Hall–Kier alpha value is -1.62. The van der Waals surface area contributed by atoms with E-state index in [0.717, 1.165) is 19.3 Å². The molecule has 2 heterocycles. The quantitative estimate of drug-likeness (QED) is 0.232. The predicted octanol–water partition coefficient (Wildman–Crippen LogP) is 4.68. The highest BCUT2D eigenvalue weighted by Crippen LogP contribution is 2.58. The molecule has 4 rings (SSSR count). The molecule has 1 unspecified atom stereocenters. The molecule has 1 saturated carbocycles. The number of aliphatic hydroxyl groups excluding tert-OH is 1. The zero-order valence-corrected chi connectivity index (χ0v) is 20.1. The van der Waals surface area contributed by atoms with Crippen molar-refractivity contribution in [2.24, 2.45) is 35.5 Å². The maximum atomic E-state index is 13.4. The molecule has 0 aromatic carbocycles. The minimum atomic E-state index is -0.486. The van der Waals surface area contributed by atoms with E-state index in [1.165, 1.54) is 12.0 Å². The molecule has 3 fully saturated rings. The smallest absolute Gasteiger partial charge is 0.261 e. The SMILES string of the molecule is CCC(C)[C@@H]1C(=O)/C(=C(/O)[C@H]2[C@H]3[C@H](C=C(C)[C@@H]2[C@]2(C)O[C@H]2C)CCC[C@@H]3C)C(=O)N1C.